The van der Waals surface area contributed by atoms with Gasteiger partial charge in [0, 0.05) is 17.7 Å². The van der Waals surface area contributed by atoms with Gasteiger partial charge in [-0.15, -0.1) is 0 Å². The molecule has 3 rings (SSSR count). The number of fused-ring (bicyclic) bond motifs is 1. The van der Waals surface area contributed by atoms with Crippen molar-refractivity contribution in [3.8, 4) is 22.8 Å². The van der Waals surface area contributed by atoms with Gasteiger partial charge < -0.3 is 20.5 Å². The van der Waals surface area contributed by atoms with Gasteiger partial charge in [-0.05, 0) is 36.8 Å². The van der Waals surface area contributed by atoms with Gasteiger partial charge in [0.2, 0.25) is 0 Å². The molecule has 0 amide bonds. The Kier molecular flexibility index (Phi) is 3.42. The van der Waals surface area contributed by atoms with E-state index in [9.17, 15) is 0 Å². The van der Waals surface area contributed by atoms with E-state index in [4.69, 9.17) is 27.4 Å². The quantitative estimate of drug-likeness (QED) is 0.840. The second-order valence-electron chi connectivity index (χ2n) is 4.67. The van der Waals surface area contributed by atoms with E-state index in [1.54, 1.807) is 18.9 Å². The van der Waals surface area contributed by atoms with E-state index in [1.165, 1.54) is 0 Å². The molecule has 0 fully saturated rings. The molecule has 1 aliphatic heterocycles. The van der Waals surface area contributed by atoms with Gasteiger partial charge in [0.1, 0.15) is 23.0 Å². The molecule has 1 aliphatic rings. The Morgan fingerprint density at radius 1 is 1.38 bits per heavy atom. The third-order valence-electron chi connectivity index (χ3n) is 3.52. The summed E-state index contributed by atoms with van der Waals surface area (Å²) in [6, 6.07) is 5.62. The lowest BCUT2D eigenvalue weighted by atomic mass is 10.1. The van der Waals surface area contributed by atoms with Gasteiger partial charge in [-0.3, -0.25) is 0 Å². The maximum absolute atomic E-state index is 5.74. The Morgan fingerprint density at radius 2 is 2.19 bits per heavy atom. The third kappa shape index (κ3) is 2.19. The second kappa shape index (κ2) is 5.25. The molecule has 1 aromatic carbocycles. The minimum atomic E-state index is 0.216. The van der Waals surface area contributed by atoms with Crippen LogP contribution in [0, 0.1) is 0 Å². The van der Waals surface area contributed by atoms with Crippen LogP contribution in [0.2, 0.25) is 0 Å². The molecule has 0 spiro atoms. The summed E-state index contributed by atoms with van der Waals surface area (Å²) in [4.78, 5) is 0. The molecule has 7 heteroatoms. The van der Waals surface area contributed by atoms with Crippen LogP contribution in [0.4, 0.5) is 5.82 Å². The second-order valence-corrected chi connectivity index (χ2v) is 5.09. The molecule has 21 heavy (non-hydrogen) atoms. The average molecular weight is 304 g/mol. The first-order chi connectivity index (χ1) is 10.2. The first-order valence-electron chi connectivity index (χ1n) is 6.53. The Labute approximate surface area is 127 Å². The number of thiocarbonyl (C=S) groups is 1. The zero-order valence-corrected chi connectivity index (χ0v) is 12.7. The summed E-state index contributed by atoms with van der Waals surface area (Å²) in [6.45, 7) is 0.842. The van der Waals surface area contributed by atoms with Crippen molar-refractivity contribution in [1.82, 2.24) is 9.78 Å². The largest absolute Gasteiger partial charge is 0.497 e. The topological polar surface area (TPSA) is 74.3 Å². The Balaban J connectivity index is 2.21. The van der Waals surface area contributed by atoms with Gasteiger partial charge in [0.15, 0.2) is 5.11 Å². The number of anilines is 1. The molecular formula is C14H16N4O2S. The van der Waals surface area contributed by atoms with Crippen LogP contribution in [0.25, 0.3) is 11.3 Å². The standard InChI is InChI=1S/C14H16N4O2S/c1-19-8-3-4-11(20-2)10(7-8)12-9-5-6-16-13(9)18(17-12)14(15)21/h3-4,7,16H,5-6H2,1-2H3,(H2,15,21). The van der Waals surface area contributed by atoms with Gasteiger partial charge in [-0.25, -0.2) is 0 Å². The number of benzene rings is 1. The normalized spacial score (nSPS) is 12.7. The summed E-state index contributed by atoms with van der Waals surface area (Å²) in [5.74, 6) is 2.34. The molecule has 0 unspecified atom stereocenters. The zero-order chi connectivity index (χ0) is 15.0. The first kappa shape index (κ1) is 13.7. The highest BCUT2D eigenvalue weighted by Crippen LogP contribution is 2.38. The summed E-state index contributed by atoms with van der Waals surface area (Å²) >= 11 is 5.06. The van der Waals surface area contributed by atoms with E-state index in [0.717, 1.165) is 47.1 Å². The van der Waals surface area contributed by atoms with Crippen LogP contribution in [0.3, 0.4) is 0 Å². The first-order valence-corrected chi connectivity index (χ1v) is 6.94. The fraction of sp³-hybridized carbons (Fsp3) is 0.286. The molecule has 0 saturated carbocycles. The van der Waals surface area contributed by atoms with Crippen molar-refractivity contribution >= 4 is 23.1 Å². The molecule has 2 aromatic rings. The van der Waals surface area contributed by atoms with Gasteiger partial charge in [-0.1, -0.05) is 0 Å². The van der Waals surface area contributed by atoms with Crippen molar-refractivity contribution < 1.29 is 9.47 Å². The van der Waals surface area contributed by atoms with Crippen LogP contribution >= 0.6 is 12.2 Å². The maximum Gasteiger partial charge on any atom is 0.193 e. The van der Waals surface area contributed by atoms with E-state index in [1.807, 2.05) is 18.2 Å². The highest BCUT2D eigenvalue weighted by Gasteiger charge is 2.26. The van der Waals surface area contributed by atoms with Crippen LogP contribution in [-0.2, 0) is 6.42 Å². The number of hydrogen-bond acceptors (Lipinski definition) is 5. The summed E-state index contributed by atoms with van der Waals surface area (Å²) < 4.78 is 12.3. The molecule has 0 saturated heterocycles. The highest BCUT2D eigenvalue weighted by atomic mass is 32.1. The molecule has 2 heterocycles. The number of hydrogen-bond donors (Lipinski definition) is 2. The van der Waals surface area contributed by atoms with Crippen molar-refractivity contribution in [3.63, 3.8) is 0 Å². The van der Waals surface area contributed by atoms with Crippen molar-refractivity contribution in [2.45, 2.75) is 6.42 Å². The molecule has 3 N–H and O–H groups in total. The predicted molar refractivity (Wildman–Crippen MR) is 85.1 cm³/mol. The van der Waals surface area contributed by atoms with E-state index >= 15 is 0 Å². The van der Waals surface area contributed by atoms with Gasteiger partial charge in [-0.2, -0.15) is 9.78 Å². The monoisotopic (exact) mass is 304 g/mol. The molecule has 1 aromatic heterocycles. The fourth-order valence-electron chi connectivity index (χ4n) is 2.55. The summed E-state index contributed by atoms with van der Waals surface area (Å²) in [5.41, 5.74) is 8.52. The number of nitrogens with zero attached hydrogens (tertiary/aromatic N) is 2. The van der Waals surface area contributed by atoms with E-state index in [0.29, 0.717) is 0 Å². The average Bonchev–Trinajstić information content (AvgIpc) is 3.08. The summed E-state index contributed by atoms with van der Waals surface area (Å²) in [6.07, 6.45) is 0.869. The number of methoxy groups -OCH3 is 2. The SMILES string of the molecule is COc1ccc(OC)c(-c2nn(C(N)=S)c3c2CCN3)c1. The number of rotatable bonds is 3. The number of aromatic nitrogens is 2. The van der Waals surface area contributed by atoms with E-state index in [-0.39, 0.29) is 5.11 Å². The fourth-order valence-corrected chi connectivity index (χ4v) is 2.68. The molecule has 110 valence electrons. The van der Waals surface area contributed by atoms with Gasteiger partial charge in [0.25, 0.3) is 0 Å². The lowest BCUT2D eigenvalue weighted by Gasteiger charge is -2.09. The molecule has 0 aliphatic carbocycles. The summed E-state index contributed by atoms with van der Waals surface area (Å²) in [7, 11) is 3.26. The lowest BCUT2D eigenvalue weighted by Crippen LogP contribution is -2.22. The highest BCUT2D eigenvalue weighted by molar-refractivity contribution is 7.80. The molecule has 0 atom stereocenters. The Morgan fingerprint density at radius 3 is 2.86 bits per heavy atom. The Hall–Kier alpha value is -2.28. The van der Waals surface area contributed by atoms with Gasteiger partial charge in [0.05, 0.1) is 14.2 Å². The predicted octanol–water partition coefficient (Wildman–Crippen LogP) is 1.63. The smallest absolute Gasteiger partial charge is 0.193 e. The molecular weight excluding hydrogens is 288 g/mol. The van der Waals surface area contributed by atoms with Crippen molar-refractivity contribution in [3.05, 3.63) is 23.8 Å². The van der Waals surface area contributed by atoms with Crippen LogP contribution in [0.5, 0.6) is 11.5 Å². The van der Waals surface area contributed by atoms with Gasteiger partial charge >= 0.3 is 0 Å². The summed E-state index contributed by atoms with van der Waals surface area (Å²) in [5, 5.41) is 8.02. The molecule has 6 nitrogen and oxygen atoms in total. The van der Waals surface area contributed by atoms with Crippen LogP contribution < -0.4 is 20.5 Å². The van der Waals surface area contributed by atoms with Crippen LogP contribution in [0.1, 0.15) is 5.56 Å². The van der Waals surface area contributed by atoms with Crippen molar-refractivity contribution in [1.29, 1.82) is 0 Å². The number of nitrogens with two attached hydrogens (primary N) is 1. The number of nitrogens with one attached hydrogen (secondary N) is 1. The minimum Gasteiger partial charge on any atom is -0.497 e. The molecule has 0 bridgehead atoms. The minimum absolute atomic E-state index is 0.216. The third-order valence-corrected chi connectivity index (χ3v) is 3.69. The number of ether oxygens (including phenoxy) is 2. The Bertz CT molecular complexity index is 711. The lowest BCUT2D eigenvalue weighted by molar-refractivity contribution is 0.404. The van der Waals surface area contributed by atoms with E-state index < -0.39 is 0 Å². The van der Waals surface area contributed by atoms with Crippen molar-refractivity contribution in [2.75, 3.05) is 26.1 Å². The van der Waals surface area contributed by atoms with Crippen LogP contribution in [-0.4, -0.2) is 35.7 Å². The van der Waals surface area contributed by atoms with E-state index in [2.05, 4.69) is 10.4 Å². The maximum atomic E-state index is 5.74. The van der Waals surface area contributed by atoms with Crippen LogP contribution in [0.15, 0.2) is 18.2 Å². The zero-order valence-electron chi connectivity index (χ0n) is 11.8. The molecule has 0 radical (unpaired) electrons. The van der Waals surface area contributed by atoms with Crippen molar-refractivity contribution in [2.24, 2.45) is 5.73 Å².